The number of benzene rings is 3. The summed E-state index contributed by atoms with van der Waals surface area (Å²) in [6, 6.07) is 20.3. The maximum atomic E-state index is 13.9. The second-order valence-corrected chi connectivity index (χ2v) is 8.12. The Bertz CT molecular complexity index is 1460. The smallest absolute Gasteiger partial charge is 0.255 e. The number of anilines is 2. The molecule has 0 bridgehead atoms. The van der Waals surface area contributed by atoms with Crippen LogP contribution in [0.25, 0.3) is 11.0 Å². The van der Waals surface area contributed by atoms with Crippen molar-refractivity contribution in [1.29, 1.82) is 0 Å². The first kappa shape index (κ1) is 22.3. The lowest BCUT2D eigenvalue weighted by molar-refractivity contribution is -0.113. The number of aromatic nitrogens is 2. The predicted octanol–water partition coefficient (Wildman–Crippen LogP) is 4.99. The Morgan fingerprint density at radius 3 is 2.46 bits per heavy atom. The Morgan fingerprint density at radius 2 is 1.69 bits per heavy atom. The van der Waals surface area contributed by atoms with Crippen LogP contribution in [0.15, 0.2) is 78.0 Å². The quantitative estimate of drug-likeness (QED) is 0.413. The third-order valence-electron chi connectivity index (χ3n) is 6.17. The fraction of sp³-hybridized carbons (Fsp3) is 0.185. The van der Waals surface area contributed by atoms with Gasteiger partial charge in [0.25, 0.3) is 5.91 Å². The van der Waals surface area contributed by atoms with Crippen LogP contribution in [-0.2, 0) is 4.79 Å². The molecule has 0 spiro atoms. The van der Waals surface area contributed by atoms with E-state index in [0.29, 0.717) is 40.2 Å². The number of imidazole rings is 1. The maximum absolute atomic E-state index is 13.9. The lowest BCUT2D eigenvalue weighted by atomic mass is 9.93. The Balaban J connectivity index is 1.70. The summed E-state index contributed by atoms with van der Waals surface area (Å²) in [5.41, 5.74) is 4.35. The molecule has 2 heterocycles. The van der Waals surface area contributed by atoms with Gasteiger partial charge in [-0.15, -0.1) is 0 Å². The molecular formula is C27H26N4O4. The van der Waals surface area contributed by atoms with E-state index in [1.165, 1.54) is 0 Å². The van der Waals surface area contributed by atoms with Crippen LogP contribution in [0.5, 0.6) is 17.2 Å². The third kappa shape index (κ3) is 3.82. The van der Waals surface area contributed by atoms with E-state index in [0.717, 1.165) is 16.6 Å². The summed E-state index contributed by atoms with van der Waals surface area (Å²) in [7, 11) is 4.79. The highest BCUT2D eigenvalue weighted by Crippen LogP contribution is 2.43. The van der Waals surface area contributed by atoms with E-state index in [-0.39, 0.29) is 5.91 Å². The molecule has 3 aromatic carbocycles. The van der Waals surface area contributed by atoms with Gasteiger partial charge in [-0.2, -0.15) is 0 Å². The van der Waals surface area contributed by atoms with Gasteiger partial charge in [-0.3, -0.25) is 9.36 Å². The number of para-hydroxylation sites is 4. The van der Waals surface area contributed by atoms with E-state index in [4.69, 9.17) is 19.2 Å². The number of ether oxygens (including phenoxy) is 3. The zero-order valence-electron chi connectivity index (χ0n) is 20.0. The standard InChI is InChI=1S/C27H26N4O4/c1-16-24(26(32)29-20-10-6-8-12-22(20)34-3)25(18-14-13-17(33-2)15-23(18)35-4)31-21-11-7-5-9-19(21)30-27(31)28-16/h5-15,25H,1-4H3,(H,28,30)(H,29,32)/t25-/m1/s1. The number of carbonyl (C=O) groups is 1. The first-order valence-electron chi connectivity index (χ1n) is 11.2. The fourth-order valence-electron chi connectivity index (χ4n) is 4.53. The molecular weight excluding hydrogens is 444 g/mol. The van der Waals surface area contributed by atoms with E-state index in [9.17, 15) is 4.79 Å². The highest BCUT2D eigenvalue weighted by atomic mass is 16.5. The van der Waals surface area contributed by atoms with Crippen molar-refractivity contribution in [2.45, 2.75) is 13.0 Å². The highest BCUT2D eigenvalue weighted by Gasteiger charge is 2.36. The van der Waals surface area contributed by atoms with E-state index < -0.39 is 6.04 Å². The number of nitrogens with zero attached hydrogens (tertiary/aromatic N) is 2. The van der Waals surface area contributed by atoms with Gasteiger partial charge < -0.3 is 24.8 Å². The summed E-state index contributed by atoms with van der Waals surface area (Å²) >= 11 is 0. The molecule has 1 aliphatic rings. The molecule has 0 fully saturated rings. The van der Waals surface area contributed by atoms with Gasteiger partial charge in [0.05, 0.1) is 49.7 Å². The van der Waals surface area contributed by atoms with E-state index in [2.05, 4.69) is 10.6 Å². The largest absolute Gasteiger partial charge is 0.497 e. The molecule has 1 atom stereocenters. The monoisotopic (exact) mass is 470 g/mol. The molecule has 4 aromatic rings. The van der Waals surface area contributed by atoms with Crippen LogP contribution in [0.4, 0.5) is 11.6 Å². The van der Waals surface area contributed by atoms with Crippen LogP contribution in [0.3, 0.4) is 0 Å². The van der Waals surface area contributed by atoms with Crippen molar-refractivity contribution in [3.63, 3.8) is 0 Å². The van der Waals surface area contributed by atoms with Crippen molar-refractivity contribution in [3.05, 3.63) is 83.6 Å². The van der Waals surface area contributed by atoms with Crippen molar-refractivity contribution in [2.24, 2.45) is 0 Å². The van der Waals surface area contributed by atoms with E-state index in [1.807, 2.05) is 72.2 Å². The summed E-state index contributed by atoms with van der Waals surface area (Å²) in [5.74, 6) is 2.24. The molecule has 1 amide bonds. The Kier molecular flexibility index (Phi) is 5.78. The lowest BCUT2D eigenvalue weighted by Gasteiger charge is -2.31. The summed E-state index contributed by atoms with van der Waals surface area (Å²) in [6.45, 7) is 1.88. The first-order chi connectivity index (χ1) is 17.0. The van der Waals surface area contributed by atoms with E-state index >= 15 is 0 Å². The summed E-state index contributed by atoms with van der Waals surface area (Å²) < 4.78 is 18.6. The second kappa shape index (κ2) is 9.06. The third-order valence-corrected chi connectivity index (χ3v) is 6.17. The Labute approximate surface area is 203 Å². The van der Waals surface area contributed by atoms with Crippen LogP contribution in [0.1, 0.15) is 18.5 Å². The number of nitrogens with one attached hydrogen (secondary N) is 2. The molecule has 8 heteroatoms. The topological polar surface area (TPSA) is 86.6 Å². The number of fused-ring (bicyclic) bond motifs is 3. The lowest BCUT2D eigenvalue weighted by Crippen LogP contribution is -2.31. The fourth-order valence-corrected chi connectivity index (χ4v) is 4.53. The van der Waals surface area contributed by atoms with Gasteiger partial charge in [-0.25, -0.2) is 4.98 Å². The molecule has 2 N–H and O–H groups in total. The summed E-state index contributed by atoms with van der Waals surface area (Å²) in [6.07, 6.45) is 0. The van der Waals surface area contributed by atoms with Crippen LogP contribution < -0.4 is 24.8 Å². The van der Waals surface area contributed by atoms with Crippen LogP contribution >= 0.6 is 0 Å². The Hall–Kier alpha value is -4.46. The molecule has 0 radical (unpaired) electrons. The van der Waals surface area contributed by atoms with Gasteiger partial charge in [0.15, 0.2) is 0 Å². The Morgan fingerprint density at radius 1 is 0.943 bits per heavy atom. The van der Waals surface area contributed by atoms with E-state index in [1.54, 1.807) is 27.4 Å². The number of amides is 1. The molecule has 0 saturated heterocycles. The summed E-state index contributed by atoms with van der Waals surface area (Å²) in [5, 5.41) is 6.36. The number of hydrogen-bond acceptors (Lipinski definition) is 6. The molecule has 35 heavy (non-hydrogen) atoms. The minimum atomic E-state index is -0.505. The molecule has 0 aliphatic carbocycles. The molecule has 1 aliphatic heterocycles. The SMILES string of the molecule is COc1ccc([C@@H]2C(C(=O)Nc3ccccc3OC)=C(C)Nc3nc4ccccc4n32)c(OC)c1. The van der Waals surface area contributed by atoms with Gasteiger partial charge in [0.2, 0.25) is 5.95 Å². The predicted molar refractivity (Wildman–Crippen MR) is 135 cm³/mol. The number of carbonyl (C=O) groups excluding carboxylic acids is 1. The van der Waals surface area contributed by atoms with Crippen molar-refractivity contribution in [2.75, 3.05) is 32.0 Å². The van der Waals surface area contributed by atoms with Crippen molar-refractivity contribution >= 4 is 28.6 Å². The molecule has 5 rings (SSSR count). The van der Waals surface area contributed by atoms with Crippen molar-refractivity contribution in [1.82, 2.24) is 9.55 Å². The highest BCUT2D eigenvalue weighted by molar-refractivity contribution is 6.07. The zero-order valence-corrected chi connectivity index (χ0v) is 20.0. The van der Waals surface area contributed by atoms with Gasteiger partial charge >= 0.3 is 0 Å². The normalized spacial score (nSPS) is 14.8. The molecule has 0 unspecified atom stereocenters. The number of hydrogen-bond donors (Lipinski definition) is 2. The minimum Gasteiger partial charge on any atom is -0.497 e. The second-order valence-electron chi connectivity index (χ2n) is 8.12. The molecule has 178 valence electrons. The number of methoxy groups -OCH3 is 3. The first-order valence-corrected chi connectivity index (χ1v) is 11.2. The zero-order chi connectivity index (χ0) is 24.5. The molecule has 1 aromatic heterocycles. The van der Waals surface area contributed by atoms with Gasteiger partial charge in [-0.1, -0.05) is 24.3 Å². The molecule has 0 saturated carbocycles. The number of allylic oxidation sites excluding steroid dienone is 1. The van der Waals surface area contributed by atoms with Crippen molar-refractivity contribution in [3.8, 4) is 17.2 Å². The van der Waals surface area contributed by atoms with Gasteiger partial charge in [0.1, 0.15) is 17.2 Å². The van der Waals surface area contributed by atoms with Crippen molar-refractivity contribution < 1.29 is 19.0 Å². The molecule has 8 nitrogen and oxygen atoms in total. The summed E-state index contributed by atoms with van der Waals surface area (Å²) in [4.78, 5) is 18.6. The average molecular weight is 471 g/mol. The average Bonchev–Trinajstić information content (AvgIpc) is 3.25. The minimum absolute atomic E-state index is 0.259. The van der Waals surface area contributed by atoms with Crippen LogP contribution in [0, 0.1) is 0 Å². The van der Waals surface area contributed by atoms with Gasteiger partial charge in [0, 0.05) is 17.3 Å². The van der Waals surface area contributed by atoms with Crippen LogP contribution in [0.2, 0.25) is 0 Å². The number of rotatable bonds is 6. The van der Waals surface area contributed by atoms with Gasteiger partial charge in [-0.05, 0) is 43.3 Å². The van der Waals surface area contributed by atoms with Crippen LogP contribution in [-0.4, -0.2) is 36.8 Å². The maximum Gasteiger partial charge on any atom is 0.255 e.